The normalized spacial score (nSPS) is 14.6. The van der Waals surface area contributed by atoms with Crippen LogP contribution in [0.15, 0.2) is 36.4 Å². The number of hydrogen-bond donors (Lipinski definition) is 1. The number of nitrogens with zero attached hydrogens (tertiary/aromatic N) is 1. The van der Waals surface area contributed by atoms with E-state index in [0.717, 1.165) is 29.2 Å². The van der Waals surface area contributed by atoms with E-state index in [2.05, 4.69) is 5.32 Å². The molecule has 1 aliphatic rings. The van der Waals surface area contributed by atoms with Crippen LogP contribution in [0.25, 0.3) is 0 Å². The molecule has 3 rings (SSSR count). The largest absolute Gasteiger partial charge is 0.449 e. The summed E-state index contributed by atoms with van der Waals surface area (Å²) in [5, 5.41) is 2.35. The van der Waals surface area contributed by atoms with Gasteiger partial charge in [-0.2, -0.15) is 13.2 Å². The van der Waals surface area contributed by atoms with E-state index in [1.807, 2.05) is 0 Å². The van der Waals surface area contributed by atoms with E-state index in [9.17, 15) is 31.9 Å². The Balaban J connectivity index is 1.84. The second-order valence-corrected chi connectivity index (χ2v) is 6.81. The van der Waals surface area contributed by atoms with Gasteiger partial charge in [-0.05, 0) is 43.3 Å². The van der Waals surface area contributed by atoms with Crippen molar-refractivity contribution in [1.82, 2.24) is 0 Å². The quantitative estimate of drug-likeness (QED) is 0.573. The van der Waals surface area contributed by atoms with E-state index in [1.165, 1.54) is 13.0 Å². The molecule has 30 heavy (non-hydrogen) atoms. The second kappa shape index (κ2) is 7.94. The summed E-state index contributed by atoms with van der Waals surface area (Å²) in [5.74, 6) is -3.67. The van der Waals surface area contributed by atoms with Crippen molar-refractivity contribution in [2.24, 2.45) is 0 Å². The zero-order valence-corrected chi connectivity index (χ0v) is 16.0. The number of carbonyl (C=O) groups is 3. The van der Waals surface area contributed by atoms with Crippen LogP contribution in [0.5, 0.6) is 0 Å². The molecular weight excluding hydrogens is 432 g/mol. The van der Waals surface area contributed by atoms with Crippen LogP contribution in [0.1, 0.15) is 22.8 Å². The van der Waals surface area contributed by atoms with Crippen LogP contribution >= 0.6 is 11.6 Å². The molecule has 6 nitrogen and oxygen atoms in total. The first-order valence-corrected chi connectivity index (χ1v) is 8.83. The Kier molecular flexibility index (Phi) is 5.71. The highest BCUT2D eigenvalue weighted by atomic mass is 35.5. The van der Waals surface area contributed by atoms with Gasteiger partial charge in [0, 0.05) is 5.02 Å². The van der Waals surface area contributed by atoms with E-state index >= 15 is 0 Å². The molecule has 1 heterocycles. The van der Waals surface area contributed by atoms with Crippen molar-refractivity contribution in [1.29, 1.82) is 0 Å². The van der Waals surface area contributed by atoms with Gasteiger partial charge in [-0.1, -0.05) is 11.6 Å². The third-order valence-electron chi connectivity index (χ3n) is 4.24. The lowest BCUT2D eigenvalue weighted by atomic mass is 10.1. The molecule has 1 N–H and O–H groups in total. The van der Waals surface area contributed by atoms with Gasteiger partial charge < -0.3 is 10.1 Å². The summed E-state index contributed by atoms with van der Waals surface area (Å²) in [7, 11) is 0. The van der Waals surface area contributed by atoms with Gasteiger partial charge in [-0.15, -0.1) is 0 Å². The maximum atomic E-state index is 13.8. The summed E-state index contributed by atoms with van der Waals surface area (Å²) in [4.78, 5) is 37.7. The molecule has 2 aromatic carbocycles. The Bertz CT molecular complexity index is 1040. The van der Waals surface area contributed by atoms with Crippen LogP contribution in [-0.2, 0) is 20.5 Å². The maximum absolute atomic E-state index is 13.8. The van der Waals surface area contributed by atoms with E-state index in [4.69, 9.17) is 16.3 Å². The van der Waals surface area contributed by atoms with Gasteiger partial charge >= 0.3 is 12.1 Å². The number of benzene rings is 2. The zero-order chi connectivity index (χ0) is 22.2. The van der Waals surface area contributed by atoms with Gasteiger partial charge in [0.2, 0.25) is 5.91 Å². The number of hydrogen-bond acceptors (Lipinski definition) is 4. The lowest BCUT2D eigenvalue weighted by Crippen LogP contribution is -2.47. The Morgan fingerprint density at radius 1 is 1.20 bits per heavy atom. The highest BCUT2D eigenvalue weighted by Gasteiger charge is 2.35. The molecule has 0 radical (unpaired) electrons. The number of fused-ring (bicyclic) bond motifs is 1. The minimum Gasteiger partial charge on any atom is -0.449 e. The first kappa shape index (κ1) is 21.6. The predicted octanol–water partition coefficient (Wildman–Crippen LogP) is 4.03. The highest BCUT2D eigenvalue weighted by Crippen LogP contribution is 2.37. The molecule has 0 spiro atoms. The Morgan fingerprint density at radius 2 is 1.90 bits per heavy atom. The van der Waals surface area contributed by atoms with Crippen molar-refractivity contribution in [2.75, 3.05) is 16.8 Å². The van der Waals surface area contributed by atoms with Gasteiger partial charge in [-0.3, -0.25) is 14.5 Å². The Hall–Kier alpha value is -3.14. The van der Waals surface area contributed by atoms with Gasteiger partial charge in [0.1, 0.15) is 12.4 Å². The fourth-order valence-corrected chi connectivity index (χ4v) is 2.98. The molecule has 0 bridgehead atoms. The molecule has 11 heteroatoms. The molecule has 0 saturated heterocycles. The number of alkyl halides is 3. The molecule has 1 atom stereocenters. The van der Waals surface area contributed by atoms with E-state index in [0.29, 0.717) is 6.07 Å². The molecule has 1 unspecified atom stereocenters. The van der Waals surface area contributed by atoms with Crippen molar-refractivity contribution >= 4 is 40.8 Å². The van der Waals surface area contributed by atoms with Crippen LogP contribution < -0.4 is 10.2 Å². The van der Waals surface area contributed by atoms with Gasteiger partial charge in [0.25, 0.3) is 5.91 Å². The van der Waals surface area contributed by atoms with E-state index in [1.54, 1.807) is 0 Å². The lowest BCUT2D eigenvalue weighted by molar-refractivity contribution is -0.137. The van der Waals surface area contributed by atoms with Gasteiger partial charge in [0.05, 0.1) is 22.5 Å². The molecule has 2 aromatic rings. The molecule has 0 aromatic heterocycles. The summed E-state index contributed by atoms with van der Waals surface area (Å²) in [5.41, 5.74) is -1.71. The number of halogens is 5. The summed E-state index contributed by atoms with van der Waals surface area (Å²) in [6.07, 6.45) is -6.10. The maximum Gasteiger partial charge on any atom is 0.416 e. The number of esters is 1. The minimum absolute atomic E-state index is 0.00411. The first-order chi connectivity index (χ1) is 14.0. The molecule has 1 aliphatic heterocycles. The van der Waals surface area contributed by atoms with Crippen LogP contribution in [0.2, 0.25) is 5.02 Å². The summed E-state index contributed by atoms with van der Waals surface area (Å²) in [6, 6.07) is 5.69. The third-order valence-corrected chi connectivity index (χ3v) is 4.47. The first-order valence-electron chi connectivity index (χ1n) is 8.46. The van der Waals surface area contributed by atoms with Crippen molar-refractivity contribution in [2.45, 2.75) is 19.2 Å². The molecule has 0 saturated carbocycles. The monoisotopic (exact) mass is 444 g/mol. The molecule has 0 fully saturated rings. The predicted molar refractivity (Wildman–Crippen MR) is 98.7 cm³/mol. The molecular formula is C19H13ClF4N2O4. The van der Waals surface area contributed by atoms with E-state index < -0.39 is 53.6 Å². The summed E-state index contributed by atoms with van der Waals surface area (Å²) < 4.78 is 57.5. The summed E-state index contributed by atoms with van der Waals surface area (Å²) in [6.45, 7) is 0.698. The number of anilines is 2. The number of rotatable bonds is 3. The number of ether oxygens (including phenoxy) is 1. The van der Waals surface area contributed by atoms with Crippen LogP contribution in [-0.4, -0.2) is 30.4 Å². The van der Waals surface area contributed by atoms with Crippen molar-refractivity contribution < 1.29 is 36.7 Å². The standard InChI is InChI=1S/C19H13ClF4N2O4/c1-9(30-18(29)12-7-11(20)3-4-13(12)21)17(28)26-8-16(27)25-14-6-10(19(22,23)24)2-5-15(14)26/h2-7,9H,8H2,1H3,(H,25,27). The average Bonchev–Trinajstić information content (AvgIpc) is 2.67. The minimum atomic E-state index is -4.64. The zero-order valence-electron chi connectivity index (χ0n) is 15.2. The summed E-state index contributed by atoms with van der Waals surface area (Å²) >= 11 is 5.72. The van der Waals surface area contributed by atoms with Crippen molar-refractivity contribution in [3.63, 3.8) is 0 Å². The fraction of sp³-hybridized carbons (Fsp3) is 0.211. The molecule has 158 valence electrons. The SMILES string of the molecule is CC(OC(=O)c1cc(Cl)ccc1F)C(=O)N1CC(=O)Nc2cc(C(F)(F)F)ccc21. The van der Waals surface area contributed by atoms with E-state index in [-0.39, 0.29) is 16.4 Å². The Labute approximate surface area is 172 Å². The van der Waals surface area contributed by atoms with Gasteiger partial charge in [0.15, 0.2) is 6.10 Å². The number of carbonyl (C=O) groups excluding carboxylic acids is 3. The molecule has 0 aliphatic carbocycles. The topological polar surface area (TPSA) is 75.7 Å². The van der Waals surface area contributed by atoms with Crippen molar-refractivity contribution in [3.8, 4) is 0 Å². The third kappa shape index (κ3) is 4.38. The average molecular weight is 445 g/mol. The number of amides is 2. The van der Waals surface area contributed by atoms with Crippen LogP contribution in [0.3, 0.4) is 0 Å². The smallest absolute Gasteiger partial charge is 0.416 e. The number of nitrogens with one attached hydrogen (secondary N) is 1. The highest BCUT2D eigenvalue weighted by molar-refractivity contribution is 6.30. The fourth-order valence-electron chi connectivity index (χ4n) is 2.81. The second-order valence-electron chi connectivity index (χ2n) is 6.37. The van der Waals surface area contributed by atoms with Crippen LogP contribution in [0.4, 0.5) is 28.9 Å². The van der Waals surface area contributed by atoms with Crippen LogP contribution in [0, 0.1) is 5.82 Å². The van der Waals surface area contributed by atoms with Gasteiger partial charge in [-0.25, -0.2) is 9.18 Å². The van der Waals surface area contributed by atoms with Crippen molar-refractivity contribution in [3.05, 3.63) is 58.4 Å². The Morgan fingerprint density at radius 3 is 2.57 bits per heavy atom. The lowest BCUT2D eigenvalue weighted by Gasteiger charge is -2.31. The molecule has 2 amide bonds.